The van der Waals surface area contributed by atoms with Crippen LogP contribution in [0, 0.1) is 11.3 Å². The van der Waals surface area contributed by atoms with Gasteiger partial charge in [0.15, 0.2) is 0 Å². The van der Waals surface area contributed by atoms with Gasteiger partial charge in [-0.1, -0.05) is 11.6 Å². The van der Waals surface area contributed by atoms with E-state index in [4.69, 9.17) is 16.9 Å². The summed E-state index contributed by atoms with van der Waals surface area (Å²) in [7, 11) is 1.91. The van der Waals surface area contributed by atoms with E-state index in [9.17, 15) is 0 Å². The van der Waals surface area contributed by atoms with Crippen molar-refractivity contribution >= 4 is 17.3 Å². The number of nitrogens with zero attached hydrogens (tertiary/aromatic N) is 3. The van der Waals surface area contributed by atoms with Gasteiger partial charge in [0.2, 0.25) is 0 Å². The molecule has 0 fully saturated rings. The van der Waals surface area contributed by atoms with E-state index in [2.05, 4.69) is 16.5 Å². The largest absolute Gasteiger partial charge is 0.384 e. The zero-order valence-corrected chi connectivity index (χ0v) is 11.5. The molecule has 1 N–H and O–H groups in total. The highest BCUT2D eigenvalue weighted by atomic mass is 35.5. The topological polar surface area (TPSA) is 53.6 Å². The van der Waals surface area contributed by atoms with Gasteiger partial charge in [-0.2, -0.15) is 10.4 Å². The van der Waals surface area contributed by atoms with Crippen LogP contribution in [0.5, 0.6) is 0 Å². The van der Waals surface area contributed by atoms with Crippen LogP contribution in [-0.2, 0) is 13.5 Å². The molecule has 0 aliphatic carbocycles. The van der Waals surface area contributed by atoms with Crippen molar-refractivity contribution in [2.75, 3.05) is 11.9 Å². The molecule has 0 unspecified atom stereocenters. The number of anilines is 1. The Balaban J connectivity index is 1.84. The van der Waals surface area contributed by atoms with E-state index >= 15 is 0 Å². The van der Waals surface area contributed by atoms with Crippen molar-refractivity contribution < 1.29 is 0 Å². The summed E-state index contributed by atoms with van der Waals surface area (Å²) in [5, 5.41) is 17.0. The number of hydrogen-bond donors (Lipinski definition) is 1. The van der Waals surface area contributed by atoms with Crippen LogP contribution in [0.15, 0.2) is 30.6 Å². The number of aryl methyl sites for hydroxylation is 2. The molecule has 0 saturated heterocycles. The van der Waals surface area contributed by atoms with Crippen molar-refractivity contribution in [1.29, 1.82) is 5.26 Å². The lowest BCUT2D eigenvalue weighted by Crippen LogP contribution is -2.04. The highest BCUT2D eigenvalue weighted by Crippen LogP contribution is 2.19. The molecule has 0 amide bonds. The smallest absolute Gasteiger partial charge is 0.101 e. The lowest BCUT2D eigenvalue weighted by molar-refractivity contribution is 0.766. The highest BCUT2D eigenvalue weighted by Gasteiger charge is 2.02. The van der Waals surface area contributed by atoms with E-state index in [0.29, 0.717) is 10.6 Å². The molecule has 1 heterocycles. The Kier molecular flexibility index (Phi) is 4.43. The van der Waals surface area contributed by atoms with Crippen LogP contribution in [-0.4, -0.2) is 16.3 Å². The van der Waals surface area contributed by atoms with Gasteiger partial charge >= 0.3 is 0 Å². The standard InChI is InChI=1S/C14H15ClN4/c1-19-10-11(9-18-19)3-2-6-17-14-5-4-13(15)7-12(14)8-16/h4-5,7,9-10,17H,2-3,6H2,1H3. The summed E-state index contributed by atoms with van der Waals surface area (Å²) < 4.78 is 1.80. The molecule has 4 nitrogen and oxygen atoms in total. The van der Waals surface area contributed by atoms with Crippen molar-refractivity contribution in [2.45, 2.75) is 12.8 Å². The Labute approximate surface area is 117 Å². The normalized spacial score (nSPS) is 10.2. The van der Waals surface area contributed by atoms with Crippen LogP contribution < -0.4 is 5.32 Å². The predicted octanol–water partition coefficient (Wildman–Crippen LogP) is 2.99. The summed E-state index contributed by atoms with van der Waals surface area (Å²) >= 11 is 5.85. The Morgan fingerprint density at radius 1 is 1.47 bits per heavy atom. The second-order valence-corrected chi connectivity index (χ2v) is 4.79. The lowest BCUT2D eigenvalue weighted by Gasteiger charge is -2.07. The Hall–Kier alpha value is -1.99. The molecule has 0 atom stereocenters. The maximum absolute atomic E-state index is 9.02. The molecule has 0 saturated carbocycles. The molecule has 0 aliphatic heterocycles. The van der Waals surface area contributed by atoms with E-state index in [-0.39, 0.29) is 0 Å². The quantitative estimate of drug-likeness (QED) is 0.853. The van der Waals surface area contributed by atoms with Gasteiger partial charge in [-0.25, -0.2) is 0 Å². The average Bonchev–Trinajstić information content (AvgIpc) is 2.81. The van der Waals surface area contributed by atoms with Gasteiger partial charge in [0.25, 0.3) is 0 Å². The zero-order chi connectivity index (χ0) is 13.7. The summed E-state index contributed by atoms with van der Waals surface area (Å²) in [6, 6.07) is 7.43. The third-order valence-corrected chi connectivity index (χ3v) is 3.05. The third-order valence-electron chi connectivity index (χ3n) is 2.82. The van der Waals surface area contributed by atoms with Crippen LogP contribution in [0.3, 0.4) is 0 Å². The fourth-order valence-corrected chi connectivity index (χ4v) is 2.05. The molecule has 19 heavy (non-hydrogen) atoms. The first kappa shape index (κ1) is 13.4. The molecular formula is C14H15ClN4. The van der Waals surface area contributed by atoms with E-state index in [1.165, 1.54) is 5.56 Å². The van der Waals surface area contributed by atoms with Crippen LogP contribution in [0.25, 0.3) is 0 Å². The number of aromatic nitrogens is 2. The molecule has 0 spiro atoms. The number of rotatable bonds is 5. The van der Waals surface area contributed by atoms with Crippen LogP contribution in [0.1, 0.15) is 17.5 Å². The monoisotopic (exact) mass is 274 g/mol. The van der Waals surface area contributed by atoms with Gasteiger partial charge < -0.3 is 5.32 Å². The van der Waals surface area contributed by atoms with Gasteiger partial charge in [-0.15, -0.1) is 0 Å². The minimum Gasteiger partial charge on any atom is -0.384 e. The van der Waals surface area contributed by atoms with Gasteiger partial charge in [0, 0.05) is 24.8 Å². The highest BCUT2D eigenvalue weighted by molar-refractivity contribution is 6.30. The van der Waals surface area contributed by atoms with E-state index in [1.54, 1.807) is 16.8 Å². The summed E-state index contributed by atoms with van der Waals surface area (Å²) in [4.78, 5) is 0. The number of nitriles is 1. The molecular weight excluding hydrogens is 260 g/mol. The minimum atomic E-state index is 0.578. The summed E-state index contributed by atoms with van der Waals surface area (Å²) in [5.41, 5.74) is 2.63. The van der Waals surface area contributed by atoms with Crippen LogP contribution >= 0.6 is 11.6 Å². The fourth-order valence-electron chi connectivity index (χ4n) is 1.88. The molecule has 2 aromatic rings. The minimum absolute atomic E-state index is 0.578. The SMILES string of the molecule is Cn1cc(CCCNc2ccc(Cl)cc2C#N)cn1. The van der Waals surface area contributed by atoms with Gasteiger partial charge in [-0.05, 0) is 36.6 Å². The third kappa shape index (κ3) is 3.73. The maximum atomic E-state index is 9.02. The number of halogens is 1. The van der Waals surface area contributed by atoms with E-state index in [1.807, 2.05) is 25.5 Å². The fraction of sp³-hybridized carbons (Fsp3) is 0.286. The van der Waals surface area contributed by atoms with Gasteiger partial charge in [-0.3, -0.25) is 4.68 Å². The molecule has 98 valence electrons. The number of benzene rings is 1. The molecule has 1 aromatic heterocycles. The van der Waals surface area contributed by atoms with Crippen molar-refractivity contribution in [3.05, 3.63) is 46.7 Å². The Morgan fingerprint density at radius 3 is 3.00 bits per heavy atom. The van der Waals surface area contributed by atoms with E-state index < -0.39 is 0 Å². The summed E-state index contributed by atoms with van der Waals surface area (Å²) in [6.07, 6.45) is 5.85. The second-order valence-electron chi connectivity index (χ2n) is 4.35. The second kappa shape index (κ2) is 6.26. The van der Waals surface area contributed by atoms with Crippen molar-refractivity contribution in [3.63, 3.8) is 0 Å². The van der Waals surface area contributed by atoms with E-state index in [0.717, 1.165) is 25.1 Å². The Morgan fingerprint density at radius 2 is 2.32 bits per heavy atom. The summed E-state index contributed by atoms with van der Waals surface area (Å²) in [5.74, 6) is 0. The molecule has 1 aromatic carbocycles. The molecule has 0 bridgehead atoms. The first-order valence-corrected chi connectivity index (χ1v) is 6.48. The molecule has 0 radical (unpaired) electrons. The molecule has 5 heteroatoms. The number of hydrogen-bond acceptors (Lipinski definition) is 3. The molecule has 2 rings (SSSR count). The number of nitrogens with one attached hydrogen (secondary N) is 1. The first-order valence-electron chi connectivity index (χ1n) is 6.10. The predicted molar refractivity (Wildman–Crippen MR) is 76.2 cm³/mol. The van der Waals surface area contributed by atoms with Gasteiger partial charge in [0.05, 0.1) is 17.4 Å². The van der Waals surface area contributed by atoms with Crippen LogP contribution in [0.2, 0.25) is 5.02 Å². The zero-order valence-electron chi connectivity index (χ0n) is 10.7. The Bertz CT molecular complexity index is 598. The van der Waals surface area contributed by atoms with Crippen LogP contribution in [0.4, 0.5) is 5.69 Å². The van der Waals surface area contributed by atoms with Crippen molar-refractivity contribution in [1.82, 2.24) is 9.78 Å². The van der Waals surface area contributed by atoms with Crippen molar-refractivity contribution in [3.8, 4) is 6.07 Å². The van der Waals surface area contributed by atoms with Crippen molar-refractivity contribution in [2.24, 2.45) is 7.05 Å². The maximum Gasteiger partial charge on any atom is 0.101 e. The summed E-state index contributed by atoms with van der Waals surface area (Å²) in [6.45, 7) is 0.811. The lowest BCUT2D eigenvalue weighted by atomic mass is 10.1. The molecule has 0 aliphatic rings. The van der Waals surface area contributed by atoms with Gasteiger partial charge in [0.1, 0.15) is 6.07 Å². The average molecular weight is 275 g/mol. The first-order chi connectivity index (χ1) is 9.19.